The minimum absolute atomic E-state index is 0.0621. The molecular formula is C23H25F3N2O8S. The predicted octanol–water partition coefficient (Wildman–Crippen LogP) is 3.60. The quantitative estimate of drug-likeness (QED) is 0.460. The van der Waals surface area contributed by atoms with Gasteiger partial charge in [0.2, 0.25) is 0 Å². The largest absolute Gasteiger partial charge is 0.496 e. The van der Waals surface area contributed by atoms with E-state index in [0.29, 0.717) is 22.5 Å². The van der Waals surface area contributed by atoms with Gasteiger partial charge >= 0.3 is 22.3 Å². The maximum Gasteiger partial charge on any atom is 0.490 e. The molecule has 37 heavy (non-hydrogen) atoms. The first-order valence-corrected chi connectivity index (χ1v) is 12.2. The molecule has 1 aliphatic rings. The normalized spacial score (nSPS) is 14.6. The summed E-state index contributed by atoms with van der Waals surface area (Å²) in [6, 6.07) is 9.57. The zero-order valence-electron chi connectivity index (χ0n) is 20.1. The summed E-state index contributed by atoms with van der Waals surface area (Å²) in [4.78, 5) is 13.3. The van der Waals surface area contributed by atoms with Crippen LogP contribution >= 0.6 is 0 Å². The predicted molar refractivity (Wildman–Crippen MR) is 127 cm³/mol. The summed E-state index contributed by atoms with van der Waals surface area (Å²) in [6.45, 7) is 3.34. The first kappa shape index (κ1) is 27.9. The van der Waals surface area contributed by atoms with E-state index in [-0.39, 0.29) is 10.6 Å². The number of anilines is 1. The van der Waals surface area contributed by atoms with Crippen molar-refractivity contribution in [1.29, 1.82) is 0 Å². The van der Waals surface area contributed by atoms with Crippen LogP contribution in [0.25, 0.3) is 11.0 Å². The Bertz CT molecular complexity index is 1330. The standard InChI is InChI=1S/C21H24N2O6S.C2HF3O2/c1-22-5-7-23(8-6-22)20-14-19(10-15-4-9-28-21(15)20)30(24,25)29-18-12-16(26-2)11-17(13-18)27-3;3-2(4,5)1(6)7/h4,9-14H,5-8H2,1-3H3;(H,6,7). The maximum absolute atomic E-state index is 13.1. The molecule has 0 aliphatic carbocycles. The van der Waals surface area contributed by atoms with Crippen molar-refractivity contribution in [2.45, 2.75) is 11.1 Å². The molecule has 2 heterocycles. The molecule has 202 valence electrons. The summed E-state index contributed by atoms with van der Waals surface area (Å²) in [6.07, 6.45) is -3.52. The van der Waals surface area contributed by atoms with E-state index in [1.54, 1.807) is 30.5 Å². The number of aliphatic carboxylic acids is 1. The molecule has 4 rings (SSSR count). The molecule has 1 N–H and O–H groups in total. The molecule has 2 aromatic carbocycles. The number of piperazine rings is 1. The Morgan fingerprint density at radius 2 is 1.51 bits per heavy atom. The molecule has 0 radical (unpaired) electrons. The van der Waals surface area contributed by atoms with Gasteiger partial charge in [0.1, 0.15) is 22.1 Å². The molecule has 1 fully saturated rings. The Balaban J connectivity index is 0.000000479. The van der Waals surface area contributed by atoms with Crippen LogP contribution < -0.4 is 18.6 Å². The second kappa shape index (κ2) is 11.2. The summed E-state index contributed by atoms with van der Waals surface area (Å²) >= 11 is 0. The molecule has 3 aromatic rings. The van der Waals surface area contributed by atoms with Gasteiger partial charge in [-0.3, -0.25) is 0 Å². The Labute approximate surface area is 210 Å². The number of carbonyl (C=O) groups is 1. The van der Waals surface area contributed by atoms with Gasteiger partial charge < -0.3 is 33.0 Å². The monoisotopic (exact) mass is 546 g/mol. The van der Waals surface area contributed by atoms with Crippen molar-refractivity contribution >= 4 is 32.7 Å². The summed E-state index contributed by atoms with van der Waals surface area (Å²) in [5.74, 6) is -1.78. The third kappa shape index (κ3) is 6.98. The number of benzene rings is 2. The highest BCUT2D eigenvalue weighted by Crippen LogP contribution is 2.34. The average molecular weight is 547 g/mol. The molecule has 14 heteroatoms. The van der Waals surface area contributed by atoms with Crippen LogP contribution in [0.2, 0.25) is 0 Å². The zero-order chi connectivity index (χ0) is 27.4. The Hall–Kier alpha value is -3.65. The number of carboxylic acid groups (broad SMARTS) is 1. The zero-order valence-corrected chi connectivity index (χ0v) is 20.9. The van der Waals surface area contributed by atoms with Crippen LogP contribution in [0.15, 0.2) is 52.0 Å². The fourth-order valence-corrected chi connectivity index (χ4v) is 4.44. The van der Waals surface area contributed by atoms with Crippen molar-refractivity contribution in [1.82, 2.24) is 4.90 Å². The van der Waals surface area contributed by atoms with Crippen molar-refractivity contribution in [3.8, 4) is 17.2 Å². The number of nitrogens with zero attached hydrogens (tertiary/aromatic N) is 2. The number of methoxy groups -OCH3 is 2. The van der Waals surface area contributed by atoms with E-state index in [9.17, 15) is 21.6 Å². The minimum atomic E-state index is -5.08. The molecular weight excluding hydrogens is 521 g/mol. The van der Waals surface area contributed by atoms with Crippen molar-refractivity contribution in [2.75, 3.05) is 52.3 Å². The molecule has 1 aliphatic heterocycles. The number of furan rings is 1. The Morgan fingerprint density at radius 3 is 2.03 bits per heavy atom. The smallest absolute Gasteiger partial charge is 0.490 e. The van der Waals surface area contributed by atoms with Crippen molar-refractivity contribution < 1.29 is 49.6 Å². The average Bonchev–Trinajstić information content (AvgIpc) is 3.32. The highest BCUT2D eigenvalue weighted by Gasteiger charge is 2.38. The minimum Gasteiger partial charge on any atom is -0.496 e. The van der Waals surface area contributed by atoms with Gasteiger partial charge in [0.25, 0.3) is 0 Å². The van der Waals surface area contributed by atoms with Crippen LogP contribution in [0.3, 0.4) is 0 Å². The van der Waals surface area contributed by atoms with Gasteiger partial charge in [-0.15, -0.1) is 0 Å². The second-order valence-electron chi connectivity index (χ2n) is 7.96. The van der Waals surface area contributed by atoms with Gasteiger partial charge in [-0.05, 0) is 25.2 Å². The first-order chi connectivity index (χ1) is 17.3. The number of likely N-dealkylation sites (N-methyl/N-ethyl adjacent to an activating group) is 1. The number of ether oxygens (including phenoxy) is 2. The lowest BCUT2D eigenvalue weighted by Gasteiger charge is -2.34. The van der Waals surface area contributed by atoms with E-state index >= 15 is 0 Å². The molecule has 0 atom stereocenters. The summed E-state index contributed by atoms with van der Waals surface area (Å²) < 4.78 is 79.4. The number of halogens is 3. The Morgan fingerprint density at radius 1 is 0.973 bits per heavy atom. The number of hydrogen-bond donors (Lipinski definition) is 1. The fraction of sp³-hybridized carbons (Fsp3) is 0.348. The van der Waals surface area contributed by atoms with Crippen LogP contribution in [-0.2, 0) is 14.9 Å². The van der Waals surface area contributed by atoms with Gasteiger partial charge in [-0.1, -0.05) is 0 Å². The van der Waals surface area contributed by atoms with Crippen LogP contribution in [0, 0.1) is 0 Å². The van der Waals surface area contributed by atoms with E-state index in [4.69, 9.17) is 28.0 Å². The SMILES string of the molecule is COc1cc(OC)cc(OS(=O)(=O)c2cc(N3CCN(C)CC3)c3occc3c2)c1.O=C(O)C(F)(F)F. The van der Waals surface area contributed by atoms with Gasteiger partial charge in [-0.25, -0.2) is 4.79 Å². The maximum atomic E-state index is 13.1. The topological polar surface area (TPSA) is 119 Å². The third-order valence-electron chi connectivity index (χ3n) is 5.41. The van der Waals surface area contributed by atoms with Crippen LogP contribution in [-0.4, -0.2) is 78.0 Å². The molecule has 1 saturated heterocycles. The molecule has 0 bridgehead atoms. The molecule has 0 unspecified atom stereocenters. The van der Waals surface area contributed by atoms with Gasteiger partial charge in [0, 0.05) is 49.8 Å². The number of fused-ring (bicyclic) bond motifs is 1. The summed E-state index contributed by atoms with van der Waals surface area (Å²) in [5.41, 5.74) is 1.41. The summed E-state index contributed by atoms with van der Waals surface area (Å²) in [5, 5.41) is 7.83. The molecule has 0 amide bonds. The molecule has 0 saturated carbocycles. The van der Waals surface area contributed by atoms with E-state index in [0.717, 1.165) is 31.9 Å². The highest BCUT2D eigenvalue weighted by atomic mass is 32.2. The number of hydrogen-bond acceptors (Lipinski definition) is 9. The second-order valence-corrected chi connectivity index (χ2v) is 9.51. The lowest BCUT2D eigenvalue weighted by Crippen LogP contribution is -2.44. The fourth-order valence-electron chi connectivity index (χ4n) is 3.47. The number of rotatable bonds is 6. The van der Waals surface area contributed by atoms with E-state index in [2.05, 4.69) is 16.8 Å². The van der Waals surface area contributed by atoms with Gasteiger partial charge in [0.05, 0.1) is 26.2 Å². The van der Waals surface area contributed by atoms with Crippen LogP contribution in [0.4, 0.5) is 18.9 Å². The molecule has 1 aromatic heterocycles. The lowest BCUT2D eigenvalue weighted by atomic mass is 10.2. The molecule has 0 spiro atoms. The van der Waals surface area contributed by atoms with Crippen molar-refractivity contribution in [3.05, 3.63) is 42.7 Å². The van der Waals surface area contributed by atoms with E-state index < -0.39 is 22.3 Å². The van der Waals surface area contributed by atoms with Gasteiger partial charge in [0.15, 0.2) is 5.58 Å². The van der Waals surface area contributed by atoms with Crippen molar-refractivity contribution in [2.24, 2.45) is 0 Å². The molecule has 10 nitrogen and oxygen atoms in total. The Kier molecular flexibility index (Phi) is 8.43. The third-order valence-corrected chi connectivity index (χ3v) is 6.64. The number of alkyl halides is 3. The highest BCUT2D eigenvalue weighted by molar-refractivity contribution is 7.87. The van der Waals surface area contributed by atoms with Crippen LogP contribution in [0.1, 0.15) is 0 Å². The summed E-state index contributed by atoms with van der Waals surface area (Å²) in [7, 11) is 0.949. The first-order valence-electron chi connectivity index (χ1n) is 10.8. The van der Waals surface area contributed by atoms with Gasteiger partial charge in [-0.2, -0.15) is 21.6 Å². The lowest BCUT2D eigenvalue weighted by molar-refractivity contribution is -0.192. The van der Waals surface area contributed by atoms with E-state index in [1.807, 2.05) is 0 Å². The number of carboxylic acids is 1. The van der Waals surface area contributed by atoms with E-state index in [1.165, 1.54) is 26.4 Å². The van der Waals surface area contributed by atoms with Crippen LogP contribution in [0.5, 0.6) is 17.2 Å². The van der Waals surface area contributed by atoms with Crippen molar-refractivity contribution in [3.63, 3.8) is 0 Å².